The Labute approximate surface area is 195 Å². The maximum Gasteiger partial charge on any atom is 0.338 e. The summed E-state index contributed by atoms with van der Waals surface area (Å²) >= 11 is 8.67. The Kier molecular flexibility index (Phi) is 6.71. The number of ether oxygens (including phenoxy) is 2. The van der Waals surface area contributed by atoms with E-state index >= 15 is 0 Å². The van der Waals surface area contributed by atoms with E-state index in [0.29, 0.717) is 10.5 Å². The van der Waals surface area contributed by atoms with Crippen LogP contribution in [0.3, 0.4) is 0 Å². The average molecular weight is 493 g/mol. The third kappa shape index (κ3) is 4.21. The smallest absolute Gasteiger partial charge is 0.338 e. The molecule has 10 heteroatoms. The van der Waals surface area contributed by atoms with Gasteiger partial charge in [0.15, 0.2) is 4.80 Å². The van der Waals surface area contributed by atoms with Gasteiger partial charge in [-0.05, 0) is 36.6 Å². The standard InChI is InChI=1S/C22H18ClFN2O4S2/c1-12-18(21(28)30-9-8-29-2)19(16-7-4-10-31-16)26-20(27)17(32-22(26)25-12)11-13-14(23)5-3-6-15(13)24/h3-7,10-11,19H,8-9H2,1-2H3/b17-11+. The molecule has 166 valence electrons. The Balaban J connectivity index is 1.89. The van der Waals surface area contributed by atoms with Crippen molar-refractivity contribution < 1.29 is 18.7 Å². The highest BCUT2D eigenvalue weighted by molar-refractivity contribution is 7.10. The van der Waals surface area contributed by atoms with Crippen molar-refractivity contribution in [3.8, 4) is 0 Å². The Hall–Kier alpha value is -2.59. The molecule has 6 nitrogen and oxygen atoms in total. The van der Waals surface area contributed by atoms with E-state index in [1.54, 1.807) is 13.0 Å². The van der Waals surface area contributed by atoms with Crippen molar-refractivity contribution >= 4 is 46.3 Å². The highest BCUT2D eigenvalue weighted by Crippen LogP contribution is 2.33. The number of allylic oxidation sites excluding steroid dienone is 1. The number of halogens is 2. The fourth-order valence-corrected chi connectivity index (χ4v) is 5.44. The molecule has 2 aromatic heterocycles. The second-order valence-corrected chi connectivity index (χ2v) is 9.26. The van der Waals surface area contributed by atoms with Crippen LogP contribution in [0.1, 0.15) is 23.4 Å². The normalized spacial score (nSPS) is 16.1. The molecule has 32 heavy (non-hydrogen) atoms. The third-order valence-electron chi connectivity index (χ3n) is 4.85. The first-order valence-corrected chi connectivity index (χ1v) is 11.7. The zero-order valence-corrected chi connectivity index (χ0v) is 19.5. The molecule has 0 fully saturated rings. The fraction of sp³-hybridized carbons (Fsp3) is 0.227. The number of nitrogens with zero attached hydrogens (tertiary/aromatic N) is 2. The topological polar surface area (TPSA) is 69.9 Å². The van der Waals surface area contributed by atoms with Gasteiger partial charge in [0.2, 0.25) is 0 Å². The average Bonchev–Trinajstić information content (AvgIpc) is 3.39. The van der Waals surface area contributed by atoms with Crippen LogP contribution in [0.2, 0.25) is 5.02 Å². The first-order chi connectivity index (χ1) is 15.4. The number of hydrogen-bond donors (Lipinski definition) is 0. The van der Waals surface area contributed by atoms with Gasteiger partial charge < -0.3 is 9.47 Å². The quantitative estimate of drug-likeness (QED) is 0.391. The van der Waals surface area contributed by atoms with Gasteiger partial charge >= 0.3 is 5.97 Å². The number of fused-ring (bicyclic) bond motifs is 1. The lowest BCUT2D eigenvalue weighted by molar-refractivity contribution is -0.140. The molecule has 3 aromatic rings. The Morgan fingerprint density at radius 1 is 1.31 bits per heavy atom. The van der Waals surface area contributed by atoms with Crippen LogP contribution in [0.15, 0.2) is 56.8 Å². The monoisotopic (exact) mass is 492 g/mol. The van der Waals surface area contributed by atoms with E-state index in [1.165, 1.54) is 41.2 Å². The van der Waals surface area contributed by atoms with Crippen LogP contribution >= 0.6 is 34.3 Å². The summed E-state index contributed by atoms with van der Waals surface area (Å²) in [4.78, 5) is 32.0. The van der Waals surface area contributed by atoms with Gasteiger partial charge in [0, 0.05) is 17.6 Å². The second kappa shape index (κ2) is 9.50. The predicted molar refractivity (Wildman–Crippen MR) is 122 cm³/mol. The number of rotatable bonds is 6. The summed E-state index contributed by atoms with van der Waals surface area (Å²) < 4.78 is 26.3. The summed E-state index contributed by atoms with van der Waals surface area (Å²) in [5, 5.41) is 2.07. The number of thiophene rings is 1. The maximum atomic E-state index is 14.3. The number of hydrogen-bond acceptors (Lipinski definition) is 7. The van der Waals surface area contributed by atoms with Crippen molar-refractivity contribution in [3.05, 3.63) is 88.0 Å². The lowest BCUT2D eigenvalue weighted by Crippen LogP contribution is -2.39. The van der Waals surface area contributed by atoms with Crippen LogP contribution in [-0.2, 0) is 14.3 Å². The van der Waals surface area contributed by atoms with E-state index < -0.39 is 17.8 Å². The van der Waals surface area contributed by atoms with Crippen LogP contribution < -0.4 is 14.9 Å². The Morgan fingerprint density at radius 3 is 2.81 bits per heavy atom. The summed E-state index contributed by atoms with van der Waals surface area (Å²) in [5.74, 6) is -1.09. The number of benzene rings is 1. The molecule has 0 amide bonds. The van der Waals surface area contributed by atoms with Crippen molar-refractivity contribution in [2.24, 2.45) is 4.99 Å². The molecule has 1 aliphatic heterocycles. The molecule has 0 aliphatic carbocycles. The van der Waals surface area contributed by atoms with Crippen LogP contribution in [0.4, 0.5) is 4.39 Å². The molecule has 0 bridgehead atoms. The van der Waals surface area contributed by atoms with Crippen LogP contribution in [0, 0.1) is 5.82 Å². The van der Waals surface area contributed by atoms with Crippen LogP contribution in [-0.4, -0.2) is 30.9 Å². The minimum Gasteiger partial charge on any atom is -0.460 e. The molecule has 1 aromatic carbocycles. The highest BCUT2D eigenvalue weighted by atomic mass is 35.5. The molecule has 0 spiro atoms. The lowest BCUT2D eigenvalue weighted by Gasteiger charge is -2.23. The summed E-state index contributed by atoms with van der Waals surface area (Å²) in [7, 11) is 1.51. The summed E-state index contributed by atoms with van der Waals surface area (Å²) in [6.45, 7) is 2.04. The van der Waals surface area contributed by atoms with Crippen molar-refractivity contribution in [3.63, 3.8) is 0 Å². The van der Waals surface area contributed by atoms with Gasteiger partial charge in [0.05, 0.1) is 27.4 Å². The molecule has 0 saturated heterocycles. The molecule has 1 aliphatic rings. The first-order valence-electron chi connectivity index (χ1n) is 9.58. The number of carbonyl (C=O) groups is 1. The molecule has 1 atom stereocenters. The molecule has 0 radical (unpaired) electrons. The fourth-order valence-electron chi connectivity index (χ4n) is 3.37. The van der Waals surface area contributed by atoms with E-state index in [1.807, 2.05) is 17.5 Å². The van der Waals surface area contributed by atoms with Crippen molar-refractivity contribution in [2.75, 3.05) is 20.3 Å². The van der Waals surface area contributed by atoms with Gasteiger partial charge in [0.25, 0.3) is 5.56 Å². The van der Waals surface area contributed by atoms with E-state index in [2.05, 4.69) is 4.99 Å². The summed E-state index contributed by atoms with van der Waals surface area (Å²) in [6, 6.07) is 7.33. The van der Waals surface area contributed by atoms with Gasteiger partial charge in [-0.1, -0.05) is 35.1 Å². The van der Waals surface area contributed by atoms with E-state index in [-0.39, 0.29) is 39.5 Å². The van der Waals surface area contributed by atoms with E-state index in [9.17, 15) is 14.0 Å². The van der Waals surface area contributed by atoms with Crippen LogP contribution in [0.5, 0.6) is 0 Å². The number of esters is 1. The molecule has 3 heterocycles. The third-order valence-corrected chi connectivity index (χ3v) is 7.09. The van der Waals surface area contributed by atoms with Crippen molar-refractivity contribution in [1.82, 2.24) is 4.57 Å². The molecular formula is C22H18ClFN2O4S2. The zero-order chi connectivity index (χ0) is 22.8. The van der Waals surface area contributed by atoms with Gasteiger partial charge in [0.1, 0.15) is 18.5 Å². The van der Waals surface area contributed by atoms with Gasteiger partial charge in [-0.3, -0.25) is 9.36 Å². The Bertz CT molecular complexity index is 1360. The predicted octanol–water partition coefficient (Wildman–Crippen LogP) is 3.28. The summed E-state index contributed by atoms with van der Waals surface area (Å²) in [5.41, 5.74) is 0.483. The molecule has 1 unspecified atom stereocenters. The van der Waals surface area contributed by atoms with Gasteiger partial charge in [-0.25, -0.2) is 14.2 Å². The SMILES string of the molecule is COCCOC(=O)C1=C(C)N=c2s/c(=C/c3c(F)cccc3Cl)c(=O)n2C1c1cccs1. The molecule has 0 saturated carbocycles. The van der Waals surface area contributed by atoms with Crippen LogP contribution in [0.25, 0.3) is 6.08 Å². The van der Waals surface area contributed by atoms with Gasteiger partial charge in [-0.2, -0.15) is 0 Å². The number of aromatic nitrogens is 1. The minimum atomic E-state index is -0.695. The Morgan fingerprint density at radius 2 is 2.12 bits per heavy atom. The molecule has 4 rings (SSSR count). The van der Waals surface area contributed by atoms with E-state index in [4.69, 9.17) is 21.1 Å². The first kappa shape index (κ1) is 22.6. The zero-order valence-electron chi connectivity index (χ0n) is 17.1. The minimum absolute atomic E-state index is 0.0828. The van der Waals surface area contributed by atoms with Crippen molar-refractivity contribution in [2.45, 2.75) is 13.0 Å². The van der Waals surface area contributed by atoms with Crippen molar-refractivity contribution in [1.29, 1.82) is 0 Å². The maximum absolute atomic E-state index is 14.3. The lowest BCUT2D eigenvalue weighted by atomic mass is 10.0. The highest BCUT2D eigenvalue weighted by Gasteiger charge is 2.34. The summed E-state index contributed by atoms with van der Waals surface area (Å²) in [6.07, 6.45) is 1.42. The number of carbonyl (C=O) groups excluding carboxylic acids is 1. The largest absolute Gasteiger partial charge is 0.460 e. The second-order valence-electron chi connectivity index (χ2n) is 6.86. The van der Waals surface area contributed by atoms with E-state index in [0.717, 1.165) is 16.2 Å². The number of thiazole rings is 1. The molecule has 0 N–H and O–H groups in total. The van der Waals surface area contributed by atoms with Gasteiger partial charge in [-0.15, -0.1) is 11.3 Å². The molecular weight excluding hydrogens is 475 g/mol. The number of methoxy groups -OCH3 is 1.